The van der Waals surface area contributed by atoms with Crippen molar-refractivity contribution in [1.29, 1.82) is 0 Å². The van der Waals surface area contributed by atoms with Crippen molar-refractivity contribution in [1.82, 2.24) is 14.6 Å². The highest BCUT2D eigenvalue weighted by Crippen LogP contribution is 2.18. The fourth-order valence-corrected chi connectivity index (χ4v) is 2.54. The minimum absolute atomic E-state index is 0.142. The molecular weight excluding hydrogens is 306 g/mol. The molecule has 1 N–H and O–H groups in total. The lowest BCUT2D eigenvalue weighted by Gasteiger charge is -2.12. The van der Waals surface area contributed by atoms with Crippen LogP contribution in [0.1, 0.15) is 29.0 Å². The highest BCUT2D eigenvalue weighted by atomic mass is 32.2. The van der Waals surface area contributed by atoms with Gasteiger partial charge in [-0.15, -0.1) is 0 Å². The molecule has 0 aliphatic heterocycles. The molecule has 0 radical (unpaired) electrons. The van der Waals surface area contributed by atoms with Gasteiger partial charge in [0.15, 0.2) is 0 Å². The van der Waals surface area contributed by atoms with E-state index in [1.165, 1.54) is 20.2 Å². The predicted molar refractivity (Wildman–Crippen MR) is 79.7 cm³/mol. The molecule has 1 atom stereocenters. The van der Waals surface area contributed by atoms with Gasteiger partial charge in [-0.2, -0.15) is 0 Å². The topological polar surface area (TPSA) is 92.5 Å². The second-order valence-electron chi connectivity index (χ2n) is 4.89. The molecule has 22 heavy (non-hydrogen) atoms. The summed E-state index contributed by atoms with van der Waals surface area (Å²) in [5.74, 6) is -0.429. The van der Waals surface area contributed by atoms with Gasteiger partial charge in [-0.3, -0.25) is 9.78 Å². The number of pyridine rings is 1. The second kappa shape index (κ2) is 6.29. The fraction of sp³-hybridized carbons (Fsp3) is 0.286. The minimum Gasteiger partial charge on any atom is -0.451 e. The summed E-state index contributed by atoms with van der Waals surface area (Å²) in [4.78, 5) is 16.3. The molecule has 118 valence electrons. The van der Waals surface area contributed by atoms with E-state index in [1.54, 1.807) is 25.3 Å². The smallest absolute Gasteiger partial charge is 0.275 e. The molecule has 2 rings (SSSR count). The highest BCUT2D eigenvalue weighted by molar-refractivity contribution is 7.88. The number of amides is 1. The maximum Gasteiger partial charge on any atom is 0.275 e. The molecule has 0 unspecified atom stereocenters. The molecule has 2 heterocycles. The zero-order valence-electron chi connectivity index (χ0n) is 12.5. The van der Waals surface area contributed by atoms with Gasteiger partial charge in [0, 0.05) is 26.4 Å². The van der Waals surface area contributed by atoms with Gasteiger partial charge in [-0.25, -0.2) is 12.7 Å². The minimum atomic E-state index is -3.70. The monoisotopic (exact) mass is 323 g/mol. The maximum atomic E-state index is 12.1. The number of furan rings is 1. The van der Waals surface area contributed by atoms with Crippen LogP contribution in [0.25, 0.3) is 0 Å². The first-order valence-electron chi connectivity index (χ1n) is 6.55. The lowest BCUT2D eigenvalue weighted by molar-refractivity contribution is 0.0938. The Kier molecular flexibility index (Phi) is 4.62. The van der Waals surface area contributed by atoms with Gasteiger partial charge >= 0.3 is 0 Å². The van der Waals surface area contributed by atoms with Crippen LogP contribution in [0.5, 0.6) is 0 Å². The summed E-state index contributed by atoms with van der Waals surface area (Å²) in [7, 11) is -0.917. The third-order valence-electron chi connectivity index (χ3n) is 3.05. The third-order valence-corrected chi connectivity index (χ3v) is 4.74. The Morgan fingerprint density at radius 2 is 2.09 bits per heavy atom. The van der Waals surface area contributed by atoms with Crippen molar-refractivity contribution in [3.63, 3.8) is 0 Å². The van der Waals surface area contributed by atoms with E-state index in [1.807, 2.05) is 6.07 Å². The molecular formula is C14H17N3O4S. The molecule has 0 bridgehead atoms. The van der Waals surface area contributed by atoms with E-state index >= 15 is 0 Å². The molecule has 7 nitrogen and oxygen atoms in total. The Bertz CT molecular complexity index is 753. The maximum absolute atomic E-state index is 12.1. The summed E-state index contributed by atoms with van der Waals surface area (Å²) in [5.41, 5.74) is 0.851. The van der Waals surface area contributed by atoms with Gasteiger partial charge in [-0.1, -0.05) is 6.07 Å². The van der Waals surface area contributed by atoms with Gasteiger partial charge in [0.25, 0.3) is 15.9 Å². The van der Waals surface area contributed by atoms with Crippen molar-refractivity contribution < 1.29 is 17.6 Å². The molecule has 8 heteroatoms. The zero-order valence-corrected chi connectivity index (χ0v) is 13.3. The van der Waals surface area contributed by atoms with Gasteiger partial charge in [0.2, 0.25) is 5.09 Å². The molecule has 0 spiro atoms. The van der Waals surface area contributed by atoms with Crippen molar-refractivity contribution in [3.05, 3.63) is 48.0 Å². The van der Waals surface area contributed by atoms with E-state index in [2.05, 4.69) is 10.3 Å². The van der Waals surface area contributed by atoms with E-state index in [-0.39, 0.29) is 16.7 Å². The van der Waals surface area contributed by atoms with Gasteiger partial charge < -0.3 is 9.73 Å². The second-order valence-corrected chi connectivity index (χ2v) is 6.97. The van der Waals surface area contributed by atoms with E-state index in [9.17, 15) is 13.2 Å². The molecule has 0 aliphatic carbocycles. The molecule has 0 saturated carbocycles. The van der Waals surface area contributed by atoms with Gasteiger partial charge in [-0.05, 0) is 19.1 Å². The van der Waals surface area contributed by atoms with Gasteiger partial charge in [0.1, 0.15) is 6.26 Å². The third kappa shape index (κ3) is 3.34. The van der Waals surface area contributed by atoms with Crippen LogP contribution in [0.15, 0.2) is 46.2 Å². The van der Waals surface area contributed by atoms with Crippen molar-refractivity contribution in [2.45, 2.75) is 18.1 Å². The SMILES string of the molecule is C[C@H](NC(=O)c1coc(S(=O)(=O)N(C)C)c1)c1ccccn1. The number of nitrogens with one attached hydrogen (secondary N) is 1. The first kappa shape index (κ1) is 16.2. The van der Waals surface area contributed by atoms with E-state index in [4.69, 9.17) is 4.42 Å². The Labute approximate surface area is 129 Å². The summed E-state index contributed by atoms with van der Waals surface area (Å²) in [6, 6.07) is 6.30. The summed E-state index contributed by atoms with van der Waals surface area (Å²) < 4.78 is 29.8. The van der Waals surface area contributed by atoms with Crippen molar-refractivity contribution in [3.8, 4) is 0 Å². The van der Waals surface area contributed by atoms with Crippen LogP contribution in [-0.4, -0.2) is 37.7 Å². The average Bonchev–Trinajstić information content (AvgIpc) is 2.98. The molecule has 2 aromatic heterocycles. The van der Waals surface area contributed by atoms with Crippen LogP contribution < -0.4 is 5.32 Å². The number of hydrogen-bond acceptors (Lipinski definition) is 5. The normalized spacial score (nSPS) is 13.1. The predicted octanol–water partition coefficient (Wildman–Crippen LogP) is 1.42. The largest absolute Gasteiger partial charge is 0.451 e. The van der Waals surface area contributed by atoms with Crippen LogP contribution in [-0.2, 0) is 10.0 Å². The summed E-state index contributed by atoms with van der Waals surface area (Å²) in [6.45, 7) is 1.79. The Balaban J connectivity index is 2.13. The van der Waals surface area contributed by atoms with Crippen LogP contribution in [0.4, 0.5) is 0 Å². The molecule has 0 aliphatic rings. The zero-order chi connectivity index (χ0) is 16.3. The lowest BCUT2D eigenvalue weighted by atomic mass is 10.2. The fourth-order valence-electron chi connectivity index (χ4n) is 1.74. The van der Waals surface area contributed by atoms with Crippen molar-refractivity contribution in [2.75, 3.05) is 14.1 Å². The van der Waals surface area contributed by atoms with Crippen LogP contribution in [0.3, 0.4) is 0 Å². The standard InChI is InChI=1S/C14H17N3O4S/c1-10(12-6-4-5-7-15-12)16-14(18)11-8-13(21-9-11)22(19,20)17(2)3/h4-10H,1-3H3,(H,16,18)/t10-/m0/s1. The molecule has 1 amide bonds. The number of rotatable bonds is 5. The molecule has 0 fully saturated rings. The molecule has 0 saturated heterocycles. The average molecular weight is 323 g/mol. The first-order chi connectivity index (χ1) is 10.3. The van der Waals surface area contributed by atoms with Crippen molar-refractivity contribution >= 4 is 15.9 Å². The van der Waals surface area contributed by atoms with E-state index in [0.717, 1.165) is 10.6 Å². The Morgan fingerprint density at radius 3 is 2.68 bits per heavy atom. The van der Waals surface area contributed by atoms with Crippen molar-refractivity contribution in [2.24, 2.45) is 0 Å². The summed E-state index contributed by atoms with van der Waals surface area (Å²) in [6.07, 6.45) is 2.76. The number of aromatic nitrogens is 1. The first-order valence-corrected chi connectivity index (χ1v) is 7.99. The number of carbonyl (C=O) groups is 1. The lowest BCUT2D eigenvalue weighted by Crippen LogP contribution is -2.27. The quantitative estimate of drug-likeness (QED) is 0.898. The van der Waals surface area contributed by atoms with E-state index in [0.29, 0.717) is 5.69 Å². The van der Waals surface area contributed by atoms with E-state index < -0.39 is 15.9 Å². The molecule has 0 aromatic carbocycles. The Morgan fingerprint density at radius 1 is 1.36 bits per heavy atom. The van der Waals surface area contributed by atoms with Gasteiger partial charge in [0.05, 0.1) is 17.3 Å². The van der Waals surface area contributed by atoms with Crippen LogP contribution in [0.2, 0.25) is 0 Å². The number of carbonyl (C=O) groups excluding carboxylic acids is 1. The van der Waals surface area contributed by atoms with Crippen LogP contribution in [0, 0.1) is 0 Å². The number of nitrogens with zero attached hydrogens (tertiary/aromatic N) is 2. The number of hydrogen-bond donors (Lipinski definition) is 1. The summed E-state index contributed by atoms with van der Waals surface area (Å²) >= 11 is 0. The Hall–Kier alpha value is -2.19. The molecule has 2 aromatic rings. The number of sulfonamides is 1. The van der Waals surface area contributed by atoms with Crippen LogP contribution >= 0.6 is 0 Å². The highest BCUT2D eigenvalue weighted by Gasteiger charge is 2.24. The summed E-state index contributed by atoms with van der Waals surface area (Å²) in [5, 5.41) is 2.47.